The van der Waals surface area contributed by atoms with E-state index in [1.54, 1.807) is 0 Å². The minimum Gasteiger partial charge on any atom is -0.469 e. The predicted molar refractivity (Wildman–Crippen MR) is 69.2 cm³/mol. The second-order valence-corrected chi connectivity index (χ2v) is 4.72. The summed E-state index contributed by atoms with van der Waals surface area (Å²) in [6.45, 7) is 1.05. The molecule has 0 bridgehead atoms. The number of rotatable bonds is 7. The predicted octanol–water partition coefficient (Wildman–Crippen LogP) is 0.362. The van der Waals surface area contributed by atoms with Gasteiger partial charge in [0.05, 0.1) is 13.0 Å². The van der Waals surface area contributed by atoms with Gasteiger partial charge in [0.15, 0.2) is 0 Å². The molecule has 19 heavy (non-hydrogen) atoms. The first-order valence-corrected chi connectivity index (χ1v) is 6.74. The Kier molecular flexibility index (Phi) is 6.92. The molecule has 0 aliphatic carbocycles. The highest BCUT2D eigenvalue weighted by molar-refractivity contribution is 5.83. The average molecular weight is 270 g/mol. The van der Waals surface area contributed by atoms with Crippen molar-refractivity contribution in [1.82, 2.24) is 10.6 Å². The van der Waals surface area contributed by atoms with Crippen LogP contribution in [-0.2, 0) is 19.1 Å². The maximum absolute atomic E-state index is 11.8. The highest BCUT2D eigenvalue weighted by Crippen LogP contribution is 2.10. The third-order valence-electron chi connectivity index (χ3n) is 3.22. The van der Waals surface area contributed by atoms with Crippen LogP contribution in [0.25, 0.3) is 0 Å². The number of esters is 1. The molecule has 1 atom stereocenters. The van der Waals surface area contributed by atoms with Gasteiger partial charge in [0.1, 0.15) is 0 Å². The first kappa shape index (κ1) is 15.5. The molecule has 2 amide bonds. The molecule has 6 nitrogen and oxygen atoms in total. The quantitative estimate of drug-likeness (QED) is 0.517. The number of carbonyl (C=O) groups excluding carboxylic acids is 3. The number of nitrogens with one attached hydrogen (secondary N) is 2. The van der Waals surface area contributed by atoms with Crippen LogP contribution in [0.2, 0.25) is 0 Å². The van der Waals surface area contributed by atoms with Crippen LogP contribution in [0.3, 0.4) is 0 Å². The third kappa shape index (κ3) is 6.22. The van der Waals surface area contributed by atoms with Crippen molar-refractivity contribution in [1.29, 1.82) is 0 Å². The van der Waals surface area contributed by atoms with E-state index < -0.39 is 0 Å². The molecule has 108 valence electrons. The van der Waals surface area contributed by atoms with E-state index in [0.29, 0.717) is 32.4 Å². The number of ether oxygens (including phenoxy) is 1. The molecule has 2 N–H and O–H groups in total. The lowest BCUT2D eigenvalue weighted by molar-refractivity contribution is -0.140. The van der Waals surface area contributed by atoms with Gasteiger partial charge in [0.2, 0.25) is 11.8 Å². The smallest absolute Gasteiger partial charge is 0.305 e. The fraction of sp³-hybridized carbons (Fsp3) is 0.769. The number of amides is 2. The zero-order valence-corrected chi connectivity index (χ0v) is 11.4. The van der Waals surface area contributed by atoms with E-state index in [-0.39, 0.29) is 23.7 Å². The number of carbonyl (C=O) groups is 3. The average Bonchev–Trinajstić information content (AvgIpc) is 2.42. The summed E-state index contributed by atoms with van der Waals surface area (Å²) in [4.78, 5) is 33.6. The van der Waals surface area contributed by atoms with Gasteiger partial charge in [-0.25, -0.2) is 0 Å². The van der Waals surface area contributed by atoms with Gasteiger partial charge in [-0.2, -0.15) is 0 Å². The van der Waals surface area contributed by atoms with E-state index in [1.165, 1.54) is 7.11 Å². The zero-order chi connectivity index (χ0) is 14.1. The van der Waals surface area contributed by atoms with Crippen LogP contribution in [0.15, 0.2) is 0 Å². The molecular formula is C13H22N2O4. The van der Waals surface area contributed by atoms with Crippen LogP contribution in [-0.4, -0.2) is 38.0 Å². The molecule has 1 fully saturated rings. The van der Waals surface area contributed by atoms with Crippen molar-refractivity contribution in [3.8, 4) is 0 Å². The van der Waals surface area contributed by atoms with Crippen LogP contribution in [0, 0.1) is 5.92 Å². The van der Waals surface area contributed by atoms with Crippen molar-refractivity contribution in [3.05, 3.63) is 0 Å². The summed E-state index contributed by atoms with van der Waals surface area (Å²) in [5.41, 5.74) is 0. The molecule has 0 saturated carbocycles. The molecule has 1 aliphatic heterocycles. The first-order chi connectivity index (χ1) is 9.13. The van der Waals surface area contributed by atoms with Gasteiger partial charge in [-0.3, -0.25) is 14.4 Å². The Morgan fingerprint density at radius 3 is 2.79 bits per heavy atom. The highest BCUT2D eigenvalue weighted by Gasteiger charge is 2.23. The van der Waals surface area contributed by atoms with Crippen LogP contribution in [0.5, 0.6) is 0 Å². The van der Waals surface area contributed by atoms with E-state index in [2.05, 4.69) is 15.4 Å². The number of unbranched alkanes of at least 4 members (excludes halogenated alkanes) is 2. The Balaban J connectivity index is 2.01. The topological polar surface area (TPSA) is 84.5 Å². The number of hydrogen-bond donors (Lipinski definition) is 2. The van der Waals surface area contributed by atoms with Gasteiger partial charge in [-0.05, 0) is 19.3 Å². The Bertz CT molecular complexity index is 321. The summed E-state index contributed by atoms with van der Waals surface area (Å²) in [6, 6.07) is 0. The van der Waals surface area contributed by atoms with Crippen molar-refractivity contribution < 1.29 is 19.1 Å². The summed E-state index contributed by atoms with van der Waals surface area (Å²) in [5, 5.41) is 5.55. The maximum Gasteiger partial charge on any atom is 0.305 e. The van der Waals surface area contributed by atoms with E-state index >= 15 is 0 Å². The van der Waals surface area contributed by atoms with Crippen molar-refractivity contribution >= 4 is 17.8 Å². The van der Waals surface area contributed by atoms with E-state index in [1.807, 2.05) is 0 Å². The summed E-state index contributed by atoms with van der Waals surface area (Å²) < 4.78 is 4.54. The van der Waals surface area contributed by atoms with Crippen molar-refractivity contribution in [2.75, 3.05) is 20.2 Å². The lowest BCUT2D eigenvalue weighted by atomic mass is 9.98. The molecule has 1 saturated heterocycles. The summed E-state index contributed by atoms with van der Waals surface area (Å²) >= 11 is 0. The van der Waals surface area contributed by atoms with Gasteiger partial charge < -0.3 is 15.4 Å². The molecule has 0 radical (unpaired) electrons. The van der Waals surface area contributed by atoms with E-state index in [0.717, 1.165) is 19.3 Å². The molecule has 6 heteroatoms. The fourth-order valence-corrected chi connectivity index (χ4v) is 1.99. The Hall–Kier alpha value is -1.59. The molecule has 0 aromatic heterocycles. The normalized spacial score (nSPS) is 18.6. The largest absolute Gasteiger partial charge is 0.469 e. The summed E-state index contributed by atoms with van der Waals surface area (Å²) in [7, 11) is 1.38. The van der Waals surface area contributed by atoms with Crippen LogP contribution in [0.1, 0.15) is 38.5 Å². The maximum atomic E-state index is 11.8. The minimum absolute atomic E-state index is 0.00738. The van der Waals surface area contributed by atoms with Crippen LogP contribution < -0.4 is 10.6 Å². The zero-order valence-electron chi connectivity index (χ0n) is 11.4. The van der Waals surface area contributed by atoms with Crippen molar-refractivity contribution in [3.63, 3.8) is 0 Å². The van der Waals surface area contributed by atoms with E-state index in [4.69, 9.17) is 0 Å². The second kappa shape index (κ2) is 8.50. The lowest BCUT2D eigenvalue weighted by Gasteiger charge is -2.21. The number of hydrogen-bond acceptors (Lipinski definition) is 4. The first-order valence-electron chi connectivity index (χ1n) is 6.74. The van der Waals surface area contributed by atoms with Crippen molar-refractivity contribution in [2.45, 2.75) is 38.5 Å². The fourth-order valence-electron chi connectivity index (χ4n) is 1.99. The second-order valence-electron chi connectivity index (χ2n) is 4.72. The van der Waals surface area contributed by atoms with Crippen molar-refractivity contribution in [2.24, 2.45) is 5.92 Å². The van der Waals surface area contributed by atoms with Gasteiger partial charge in [-0.15, -0.1) is 0 Å². The molecule has 1 unspecified atom stereocenters. The SMILES string of the molecule is COC(=O)CCCCCNC(=O)C1CCC(=O)NC1. The molecule has 0 aromatic carbocycles. The number of methoxy groups -OCH3 is 1. The molecule has 1 heterocycles. The molecule has 1 aliphatic rings. The summed E-state index contributed by atoms with van der Waals surface area (Å²) in [6.07, 6.45) is 4.00. The molecule has 0 aromatic rings. The monoisotopic (exact) mass is 270 g/mol. The number of piperidine rings is 1. The van der Waals surface area contributed by atoms with Gasteiger partial charge in [-0.1, -0.05) is 6.42 Å². The van der Waals surface area contributed by atoms with Crippen LogP contribution >= 0.6 is 0 Å². The molecule has 0 spiro atoms. The van der Waals surface area contributed by atoms with Gasteiger partial charge in [0, 0.05) is 25.9 Å². The Labute approximate surface area is 113 Å². The highest BCUT2D eigenvalue weighted by atomic mass is 16.5. The molecule has 1 rings (SSSR count). The standard InChI is InChI=1S/C13H22N2O4/c1-19-12(17)5-3-2-4-8-14-13(18)10-6-7-11(16)15-9-10/h10H,2-9H2,1H3,(H,14,18)(H,15,16). The lowest BCUT2D eigenvalue weighted by Crippen LogP contribution is -2.43. The Morgan fingerprint density at radius 1 is 1.37 bits per heavy atom. The third-order valence-corrected chi connectivity index (χ3v) is 3.22. The Morgan fingerprint density at radius 2 is 2.16 bits per heavy atom. The van der Waals surface area contributed by atoms with E-state index in [9.17, 15) is 14.4 Å². The summed E-state index contributed by atoms with van der Waals surface area (Å²) in [5.74, 6) is -0.269. The van der Waals surface area contributed by atoms with Crippen LogP contribution in [0.4, 0.5) is 0 Å². The van der Waals surface area contributed by atoms with Gasteiger partial charge in [0.25, 0.3) is 0 Å². The van der Waals surface area contributed by atoms with Gasteiger partial charge >= 0.3 is 5.97 Å². The minimum atomic E-state index is -0.193. The molecular weight excluding hydrogens is 248 g/mol.